The summed E-state index contributed by atoms with van der Waals surface area (Å²) in [5.41, 5.74) is 0.258. The second-order valence-electron chi connectivity index (χ2n) is 5.13. The van der Waals surface area contributed by atoms with Gasteiger partial charge in [-0.1, -0.05) is 26.8 Å². The van der Waals surface area contributed by atoms with E-state index < -0.39 is 0 Å². The highest BCUT2D eigenvalue weighted by atomic mass is 32.2. The minimum atomic E-state index is -0.162. The number of aliphatic hydroxyl groups excluding tert-OH is 1. The van der Waals surface area contributed by atoms with Crippen molar-refractivity contribution in [3.8, 4) is 0 Å². The van der Waals surface area contributed by atoms with E-state index in [0.29, 0.717) is 30.0 Å². The smallest absolute Gasteiger partial charge is 0.169 e. The third-order valence-corrected chi connectivity index (χ3v) is 3.61. The van der Waals surface area contributed by atoms with Crippen molar-refractivity contribution in [3.05, 3.63) is 24.0 Å². The summed E-state index contributed by atoms with van der Waals surface area (Å²) in [6, 6.07) is 0. The van der Waals surface area contributed by atoms with Crippen molar-refractivity contribution in [1.82, 2.24) is 0 Å². The van der Waals surface area contributed by atoms with Crippen LogP contribution in [-0.4, -0.2) is 28.2 Å². The van der Waals surface area contributed by atoms with Gasteiger partial charge in [0.25, 0.3) is 0 Å². The van der Waals surface area contributed by atoms with E-state index in [-0.39, 0.29) is 17.0 Å². The molecule has 0 aromatic carbocycles. The van der Waals surface area contributed by atoms with E-state index in [4.69, 9.17) is 0 Å². The molecule has 1 N–H and O–H groups in total. The highest BCUT2D eigenvalue weighted by Gasteiger charge is 2.34. The first-order valence-electron chi connectivity index (χ1n) is 6.15. The maximum atomic E-state index is 12.2. The third-order valence-electron chi connectivity index (χ3n) is 2.71. The van der Waals surface area contributed by atoms with E-state index in [2.05, 4.69) is 11.6 Å². The van der Waals surface area contributed by atoms with E-state index >= 15 is 0 Å². The fraction of sp³-hybridized carbons (Fsp3) is 0.571. The number of aliphatic imine (C=N–C) groups is 1. The molecule has 4 heteroatoms. The molecular weight excluding hydrogens is 246 g/mol. The molecule has 0 aromatic heterocycles. The summed E-state index contributed by atoms with van der Waals surface area (Å²) in [7, 11) is 0. The number of hydrogen-bond acceptors (Lipinski definition) is 4. The number of carbonyl (C=O) groups excluding carboxylic acids is 1. The summed E-state index contributed by atoms with van der Waals surface area (Å²) in [4.78, 5) is 16.5. The van der Waals surface area contributed by atoms with E-state index in [0.717, 1.165) is 5.75 Å². The van der Waals surface area contributed by atoms with Crippen LogP contribution in [0.25, 0.3) is 0 Å². The summed E-state index contributed by atoms with van der Waals surface area (Å²) >= 11 is 1.49. The van der Waals surface area contributed by atoms with Gasteiger partial charge >= 0.3 is 0 Å². The predicted molar refractivity (Wildman–Crippen MR) is 78.3 cm³/mol. The van der Waals surface area contributed by atoms with Crippen LogP contribution in [0.4, 0.5) is 0 Å². The number of nitrogens with zero attached hydrogens (tertiary/aromatic N) is 1. The number of ketones is 1. The standard InChI is InChI=1S/C14H21NO2S/c1-5-7-15-13(18-6-2)12-10(16)8-14(3,4)9-11(12)17/h5,16H,1,6-9H2,2-4H3. The molecule has 0 aliphatic heterocycles. The zero-order chi connectivity index (χ0) is 13.8. The van der Waals surface area contributed by atoms with Crippen molar-refractivity contribution in [2.24, 2.45) is 10.4 Å². The third kappa shape index (κ3) is 3.73. The van der Waals surface area contributed by atoms with Crippen molar-refractivity contribution >= 4 is 22.6 Å². The molecule has 0 atom stereocenters. The molecule has 1 aliphatic carbocycles. The fourth-order valence-electron chi connectivity index (χ4n) is 2.01. The average Bonchev–Trinajstić information content (AvgIpc) is 2.23. The Labute approximate surface area is 113 Å². The summed E-state index contributed by atoms with van der Waals surface area (Å²) in [6.45, 7) is 10.1. The lowest BCUT2D eigenvalue weighted by molar-refractivity contribution is -0.117. The number of allylic oxidation sites excluding steroid dienone is 1. The number of thioether (sulfide) groups is 1. The molecular formula is C14H21NO2S. The summed E-state index contributed by atoms with van der Waals surface area (Å²) in [5.74, 6) is 0.996. The SMILES string of the molecule is C=CCN=C(SCC)C1=C(O)CC(C)(C)CC1=O. The van der Waals surface area contributed by atoms with E-state index in [9.17, 15) is 9.90 Å². The van der Waals surface area contributed by atoms with Gasteiger partial charge in [0.2, 0.25) is 0 Å². The first kappa shape index (κ1) is 15.0. The van der Waals surface area contributed by atoms with Gasteiger partial charge in [0.15, 0.2) is 5.78 Å². The van der Waals surface area contributed by atoms with Gasteiger partial charge in [-0.3, -0.25) is 9.79 Å². The van der Waals surface area contributed by atoms with Crippen LogP contribution in [-0.2, 0) is 4.79 Å². The van der Waals surface area contributed by atoms with Crippen LogP contribution in [0.3, 0.4) is 0 Å². The second kappa shape index (κ2) is 6.23. The molecule has 100 valence electrons. The molecule has 1 aliphatic rings. The van der Waals surface area contributed by atoms with Crippen molar-refractivity contribution < 1.29 is 9.90 Å². The highest BCUT2D eigenvalue weighted by molar-refractivity contribution is 8.14. The van der Waals surface area contributed by atoms with Gasteiger partial charge in [0.05, 0.1) is 12.1 Å². The van der Waals surface area contributed by atoms with Crippen LogP contribution in [0, 0.1) is 5.41 Å². The topological polar surface area (TPSA) is 49.7 Å². The number of hydrogen-bond donors (Lipinski definition) is 1. The minimum Gasteiger partial charge on any atom is -0.511 e. The first-order valence-corrected chi connectivity index (χ1v) is 7.13. The molecule has 0 heterocycles. The largest absolute Gasteiger partial charge is 0.511 e. The van der Waals surface area contributed by atoms with Crippen LogP contribution < -0.4 is 0 Å². The lowest BCUT2D eigenvalue weighted by atomic mass is 9.77. The molecule has 18 heavy (non-hydrogen) atoms. The van der Waals surface area contributed by atoms with E-state index in [1.54, 1.807) is 6.08 Å². The van der Waals surface area contributed by atoms with Crippen LogP contribution in [0.15, 0.2) is 29.0 Å². The Morgan fingerprint density at radius 1 is 1.56 bits per heavy atom. The van der Waals surface area contributed by atoms with Gasteiger partial charge in [-0.2, -0.15) is 0 Å². The molecule has 0 fully saturated rings. The Kier molecular flexibility index (Phi) is 5.20. The monoisotopic (exact) mass is 267 g/mol. The molecule has 0 aromatic rings. The maximum Gasteiger partial charge on any atom is 0.169 e. The number of aliphatic hydroxyl groups is 1. The summed E-state index contributed by atoms with van der Waals surface area (Å²) in [6.07, 6.45) is 2.68. The van der Waals surface area contributed by atoms with Crippen LogP contribution >= 0.6 is 11.8 Å². The van der Waals surface area contributed by atoms with Gasteiger partial charge in [0.1, 0.15) is 10.8 Å². The number of rotatable bonds is 4. The quantitative estimate of drug-likeness (QED) is 0.481. The Hall–Kier alpha value is -1.03. The Bertz CT molecular complexity index is 408. The van der Waals surface area contributed by atoms with Crippen LogP contribution in [0.5, 0.6) is 0 Å². The molecule has 0 amide bonds. The Balaban J connectivity index is 3.10. The van der Waals surface area contributed by atoms with Crippen molar-refractivity contribution in [2.45, 2.75) is 33.6 Å². The van der Waals surface area contributed by atoms with Gasteiger partial charge in [-0.05, 0) is 11.2 Å². The molecule has 0 bridgehead atoms. The van der Waals surface area contributed by atoms with Gasteiger partial charge in [-0.15, -0.1) is 18.3 Å². The summed E-state index contributed by atoms with van der Waals surface area (Å²) in [5, 5.41) is 10.8. The first-order chi connectivity index (χ1) is 8.41. The molecule has 0 radical (unpaired) electrons. The number of Topliss-reactive ketones (excluding diaryl/α,β-unsaturated/α-hetero) is 1. The van der Waals surface area contributed by atoms with Crippen molar-refractivity contribution in [1.29, 1.82) is 0 Å². The molecule has 0 saturated heterocycles. The molecule has 3 nitrogen and oxygen atoms in total. The zero-order valence-corrected chi connectivity index (χ0v) is 12.1. The molecule has 1 rings (SSSR count). The Morgan fingerprint density at radius 3 is 2.72 bits per heavy atom. The maximum absolute atomic E-state index is 12.2. The highest BCUT2D eigenvalue weighted by Crippen LogP contribution is 2.37. The van der Waals surface area contributed by atoms with E-state index in [1.165, 1.54) is 11.8 Å². The lowest BCUT2D eigenvalue weighted by Gasteiger charge is -2.29. The fourth-order valence-corrected chi connectivity index (χ4v) is 2.83. The summed E-state index contributed by atoms with van der Waals surface area (Å²) < 4.78 is 0. The van der Waals surface area contributed by atoms with E-state index in [1.807, 2.05) is 20.8 Å². The molecule has 0 unspecified atom stereocenters. The van der Waals surface area contributed by atoms with Crippen LogP contribution in [0.2, 0.25) is 0 Å². The van der Waals surface area contributed by atoms with Gasteiger partial charge in [0, 0.05) is 12.8 Å². The van der Waals surface area contributed by atoms with Crippen molar-refractivity contribution in [3.63, 3.8) is 0 Å². The second-order valence-corrected chi connectivity index (χ2v) is 6.38. The molecule has 0 saturated carbocycles. The van der Waals surface area contributed by atoms with Gasteiger partial charge < -0.3 is 5.11 Å². The number of carbonyl (C=O) groups is 1. The lowest BCUT2D eigenvalue weighted by Crippen LogP contribution is -2.28. The Morgan fingerprint density at radius 2 is 2.22 bits per heavy atom. The van der Waals surface area contributed by atoms with Crippen LogP contribution in [0.1, 0.15) is 33.6 Å². The normalized spacial score (nSPS) is 20.2. The predicted octanol–water partition coefficient (Wildman–Crippen LogP) is 3.53. The zero-order valence-electron chi connectivity index (χ0n) is 11.3. The average molecular weight is 267 g/mol. The van der Waals surface area contributed by atoms with Crippen molar-refractivity contribution in [2.75, 3.05) is 12.3 Å². The van der Waals surface area contributed by atoms with Gasteiger partial charge in [-0.25, -0.2) is 0 Å². The minimum absolute atomic E-state index is 0.00693. The molecule has 0 spiro atoms.